The van der Waals surface area contributed by atoms with Gasteiger partial charge in [-0.2, -0.15) is 13.2 Å². The fraction of sp³-hybridized carbons (Fsp3) is 0.375. The molecule has 0 saturated carbocycles. The highest BCUT2D eigenvalue weighted by molar-refractivity contribution is 5.84. The van der Waals surface area contributed by atoms with Gasteiger partial charge >= 0.3 is 6.18 Å². The highest BCUT2D eigenvalue weighted by atomic mass is 19.4. The Morgan fingerprint density at radius 2 is 1.67 bits per heavy atom. The summed E-state index contributed by atoms with van der Waals surface area (Å²) in [7, 11) is 0. The van der Waals surface area contributed by atoms with Gasteiger partial charge in [0.2, 0.25) is 0 Å². The van der Waals surface area contributed by atoms with Gasteiger partial charge in [0.25, 0.3) is 0 Å². The minimum Gasteiger partial charge on any atom is -0.493 e. The smallest absolute Gasteiger partial charge is 0.407 e. The van der Waals surface area contributed by atoms with Crippen molar-refractivity contribution in [2.75, 3.05) is 6.61 Å². The summed E-state index contributed by atoms with van der Waals surface area (Å²) in [5.74, 6) is 1.12. The van der Waals surface area contributed by atoms with Crippen molar-refractivity contribution in [2.24, 2.45) is 11.7 Å². The molecule has 0 saturated heterocycles. The molecule has 0 radical (unpaired) electrons. The average molecular weight is 297 g/mol. The van der Waals surface area contributed by atoms with E-state index in [-0.39, 0.29) is 5.56 Å². The minimum absolute atomic E-state index is 0.0610. The largest absolute Gasteiger partial charge is 0.493 e. The zero-order valence-corrected chi connectivity index (χ0v) is 11.9. The number of alkyl halides is 3. The lowest BCUT2D eigenvalue weighted by Crippen LogP contribution is -2.28. The predicted octanol–water partition coefficient (Wildman–Crippen LogP) is 4.44. The van der Waals surface area contributed by atoms with Gasteiger partial charge in [0.15, 0.2) is 0 Å². The number of rotatable bonds is 4. The molecule has 0 aliphatic heterocycles. The summed E-state index contributed by atoms with van der Waals surface area (Å²) in [4.78, 5) is 0. The molecule has 0 bridgehead atoms. The topological polar surface area (TPSA) is 35.2 Å². The van der Waals surface area contributed by atoms with E-state index < -0.39 is 12.2 Å². The molecule has 0 fully saturated rings. The summed E-state index contributed by atoms with van der Waals surface area (Å²) in [5.41, 5.74) is 5.29. The number of hydrogen-bond acceptors (Lipinski definition) is 2. The Kier molecular flexibility index (Phi) is 4.42. The summed E-state index contributed by atoms with van der Waals surface area (Å²) >= 11 is 0. The minimum atomic E-state index is -4.44. The molecule has 0 aliphatic rings. The molecule has 2 nitrogen and oxygen atoms in total. The normalized spacial score (nSPS) is 13.7. The Morgan fingerprint density at radius 1 is 1.05 bits per heavy atom. The Hall–Kier alpha value is -1.75. The van der Waals surface area contributed by atoms with Crippen LogP contribution in [0.3, 0.4) is 0 Å². The molecule has 0 heterocycles. The van der Waals surface area contributed by atoms with Gasteiger partial charge in [-0.3, -0.25) is 0 Å². The summed E-state index contributed by atoms with van der Waals surface area (Å²) in [5, 5.41) is 1.54. The molecule has 21 heavy (non-hydrogen) atoms. The van der Waals surface area contributed by atoms with E-state index in [9.17, 15) is 13.2 Å². The first-order valence-electron chi connectivity index (χ1n) is 6.76. The van der Waals surface area contributed by atoms with E-state index in [0.717, 1.165) is 5.39 Å². The molecule has 2 N–H and O–H groups in total. The lowest BCUT2D eigenvalue weighted by Gasteiger charge is -2.16. The van der Waals surface area contributed by atoms with E-state index in [1.807, 2.05) is 19.9 Å². The molecule has 0 aromatic heterocycles. The molecule has 0 spiro atoms. The monoisotopic (exact) mass is 297 g/mol. The maximum absolute atomic E-state index is 12.6. The zero-order chi connectivity index (χ0) is 15.6. The van der Waals surface area contributed by atoms with Crippen LogP contribution in [0, 0.1) is 5.92 Å². The number of benzene rings is 2. The van der Waals surface area contributed by atoms with Crippen molar-refractivity contribution in [2.45, 2.75) is 26.1 Å². The van der Waals surface area contributed by atoms with Crippen LogP contribution in [0.15, 0.2) is 36.4 Å². The van der Waals surface area contributed by atoms with Gasteiger partial charge < -0.3 is 10.5 Å². The van der Waals surface area contributed by atoms with Crippen molar-refractivity contribution >= 4 is 10.8 Å². The third kappa shape index (κ3) is 3.88. The highest BCUT2D eigenvalue weighted by Crippen LogP contribution is 2.32. The van der Waals surface area contributed by atoms with Crippen LogP contribution >= 0.6 is 0 Å². The van der Waals surface area contributed by atoms with Crippen molar-refractivity contribution in [3.05, 3.63) is 42.0 Å². The summed E-state index contributed by atoms with van der Waals surface area (Å²) in [6, 6.07) is 7.88. The molecule has 0 amide bonds. The second kappa shape index (κ2) is 5.93. The van der Waals surface area contributed by atoms with Crippen LogP contribution in [0.1, 0.15) is 25.5 Å². The van der Waals surface area contributed by atoms with E-state index in [2.05, 4.69) is 0 Å². The van der Waals surface area contributed by atoms with Gasteiger partial charge in [-0.25, -0.2) is 0 Å². The second-order valence-corrected chi connectivity index (χ2v) is 5.49. The predicted molar refractivity (Wildman–Crippen MR) is 77.3 cm³/mol. The fourth-order valence-electron chi connectivity index (χ4n) is 1.98. The first-order valence-corrected chi connectivity index (χ1v) is 6.76. The van der Waals surface area contributed by atoms with Crippen LogP contribution in [0.2, 0.25) is 0 Å². The molecular weight excluding hydrogens is 279 g/mol. The van der Waals surface area contributed by atoms with E-state index in [1.165, 1.54) is 12.1 Å². The maximum Gasteiger partial charge on any atom is 0.407 e. The molecule has 5 heteroatoms. The van der Waals surface area contributed by atoms with Crippen molar-refractivity contribution in [1.29, 1.82) is 0 Å². The summed E-state index contributed by atoms with van der Waals surface area (Å²) in [6.07, 6.45) is -4.44. The van der Waals surface area contributed by atoms with E-state index in [4.69, 9.17) is 10.5 Å². The van der Waals surface area contributed by atoms with E-state index in [1.54, 1.807) is 18.2 Å². The molecule has 2 aromatic rings. The Balaban J connectivity index is 2.27. The van der Waals surface area contributed by atoms with Crippen LogP contribution in [0.5, 0.6) is 5.75 Å². The zero-order valence-electron chi connectivity index (χ0n) is 11.9. The lowest BCUT2D eigenvalue weighted by atomic mass is 10.0. The maximum atomic E-state index is 12.6. The highest BCUT2D eigenvalue weighted by Gasteiger charge is 2.37. The van der Waals surface area contributed by atoms with Crippen molar-refractivity contribution in [3.8, 4) is 5.75 Å². The van der Waals surface area contributed by atoms with Crippen molar-refractivity contribution in [1.82, 2.24) is 0 Å². The van der Waals surface area contributed by atoms with Crippen molar-refractivity contribution < 1.29 is 17.9 Å². The third-order valence-corrected chi connectivity index (χ3v) is 3.13. The van der Waals surface area contributed by atoms with Crippen LogP contribution in [0.4, 0.5) is 13.2 Å². The quantitative estimate of drug-likeness (QED) is 0.905. The standard InChI is InChI=1S/C16H18F3NO/c1-10(2)9-21-14-6-5-11-7-13(4-3-12(11)8-14)15(20)16(17,18)19/h3-8,10,15H,9,20H2,1-2H3/t15-/m0/s1. The number of fused-ring (bicyclic) bond motifs is 1. The molecule has 2 aromatic carbocycles. The number of hydrogen-bond donors (Lipinski definition) is 1. The van der Waals surface area contributed by atoms with Crippen LogP contribution in [0.25, 0.3) is 10.8 Å². The Morgan fingerprint density at radius 3 is 2.29 bits per heavy atom. The summed E-state index contributed by atoms with van der Waals surface area (Å²) < 4.78 is 43.5. The van der Waals surface area contributed by atoms with Gasteiger partial charge in [0.1, 0.15) is 11.8 Å². The molecular formula is C16H18F3NO. The average Bonchev–Trinajstić information content (AvgIpc) is 2.42. The number of halogens is 3. The van der Waals surface area contributed by atoms with Crippen molar-refractivity contribution in [3.63, 3.8) is 0 Å². The van der Waals surface area contributed by atoms with Gasteiger partial charge in [-0.05, 0) is 40.5 Å². The van der Waals surface area contributed by atoms with Gasteiger partial charge in [0, 0.05) is 0 Å². The first kappa shape index (κ1) is 15.6. The fourth-order valence-corrected chi connectivity index (χ4v) is 1.98. The number of ether oxygens (including phenoxy) is 1. The van der Waals surface area contributed by atoms with Crippen LogP contribution < -0.4 is 10.5 Å². The Labute approximate surface area is 121 Å². The lowest BCUT2D eigenvalue weighted by molar-refractivity contribution is -0.149. The molecule has 0 aliphatic carbocycles. The van der Waals surface area contributed by atoms with Gasteiger partial charge in [-0.15, -0.1) is 0 Å². The van der Waals surface area contributed by atoms with Crippen LogP contribution in [-0.4, -0.2) is 12.8 Å². The molecule has 1 atom stereocenters. The molecule has 2 rings (SSSR count). The van der Waals surface area contributed by atoms with E-state index >= 15 is 0 Å². The number of nitrogens with two attached hydrogens (primary N) is 1. The first-order chi connectivity index (χ1) is 9.77. The van der Waals surface area contributed by atoms with Gasteiger partial charge in [-0.1, -0.05) is 32.0 Å². The summed E-state index contributed by atoms with van der Waals surface area (Å²) in [6.45, 7) is 4.69. The third-order valence-electron chi connectivity index (χ3n) is 3.13. The van der Waals surface area contributed by atoms with Gasteiger partial charge in [0.05, 0.1) is 6.61 Å². The van der Waals surface area contributed by atoms with Crippen LogP contribution in [-0.2, 0) is 0 Å². The second-order valence-electron chi connectivity index (χ2n) is 5.49. The molecule has 114 valence electrons. The SMILES string of the molecule is CC(C)COc1ccc2cc([C@H](N)C(F)(F)F)ccc2c1. The molecule has 0 unspecified atom stereocenters. The Bertz CT molecular complexity index is 622. The van der Waals surface area contributed by atoms with E-state index in [0.29, 0.717) is 23.7 Å².